The molecule has 0 radical (unpaired) electrons. The smallest absolute Gasteiger partial charge is 0.00199 e. The molecule has 0 aromatic heterocycles. The molecule has 54 heavy (non-hydrogen) atoms. The summed E-state index contributed by atoms with van der Waals surface area (Å²) in [7, 11) is 0. The van der Waals surface area contributed by atoms with Crippen LogP contribution < -0.4 is 0 Å². The summed E-state index contributed by atoms with van der Waals surface area (Å²) in [5.41, 5.74) is 9.94. The topological polar surface area (TPSA) is 0 Å². The molecule has 0 aliphatic carbocycles. The molecule has 11 aromatic rings. The number of fused-ring (bicyclic) bond motifs is 8. The van der Waals surface area contributed by atoms with E-state index in [-0.39, 0.29) is 0 Å². The molecule has 0 unspecified atom stereocenters. The molecule has 250 valence electrons. The van der Waals surface area contributed by atoms with Gasteiger partial charge in [0.05, 0.1) is 0 Å². The molecule has 0 saturated heterocycles. The van der Waals surface area contributed by atoms with Crippen LogP contribution in [0, 0.1) is 0 Å². The van der Waals surface area contributed by atoms with Crippen molar-refractivity contribution in [2.45, 2.75) is 0 Å². The van der Waals surface area contributed by atoms with Gasteiger partial charge in [0.2, 0.25) is 0 Å². The van der Waals surface area contributed by atoms with Gasteiger partial charge < -0.3 is 0 Å². The molecule has 0 nitrogen and oxygen atoms in total. The first-order chi connectivity index (χ1) is 26.8. The Bertz CT molecular complexity index is 3200. The molecule has 0 heteroatoms. The van der Waals surface area contributed by atoms with Crippen molar-refractivity contribution in [3.63, 3.8) is 0 Å². The van der Waals surface area contributed by atoms with Crippen LogP contribution in [0.15, 0.2) is 206 Å². The maximum absolute atomic E-state index is 2.48. The van der Waals surface area contributed by atoms with Crippen molar-refractivity contribution in [1.82, 2.24) is 0 Å². The second kappa shape index (κ2) is 12.3. The van der Waals surface area contributed by atoms with E-state index in [0.717, 1.165) is 0 Å². The van der Waals surface area contributed by atoms with Crippen LogP contribution in [0.3, 0.4) is 0 Å². The van der Waals surface area contributed by atoms with E-state index in [1.165, 1.54) is 109 Å². The Hall–Kier alpha value is -7.02. The molecule has 0 amide bonds. The summed E-state index contributed by atoms with van der Waals surface area (Å²) >= 11 is 0. The van der Waals surface area contributed by atoms with Crippen LogP contribution in [0.5, 0.6) is 0 Å². The highest BCUT2D eigenvalue weighted by Crippen LogP contribution is 2.49. The second-order valence-corrected chi connectivity index (χ2v) is 14.3. The van der Waals surface area contributed by atoms with Gasteiger partial charge in [-0.05, 0) is 127 Å². The number of hydrogen-bond acceptors (Lipinski definition) is 0. The van der Waals surface area contributed by atoms with Crippen molar-refractivity contribution in [2.75, 3.05) is 0 Å². The number of rotatable bonds is 4. The van der Waals surface area contributed by atoms with E-state index < -0.39 is 0 Å². The van der Waals surface area contributed by atoms with Crippen LogP contribution in [-0.2, 0) is 0 Å². The highest BCUT2D eigenvalue weighted by Gasteiger charge is 2.21. The summed E-state index contributed by atoms with van der Waals surface area (Å²) in [6, 6.07) is 76.2. The molecule has 0 spiro atoms. The molecule has 0 atom stereocenters. The van der Waals surface area contributed by atoms with Gasteiger partial charge >= 0.3 is 0 Å². The highest BCUT2D eigenvalue weighted by atomic mass is 14.2. The Morgan fingerprint density at radius 2 is 0.593 bits per heavy atom. The quantitative estimate of drug-likeness (QED) is 0.128. The minimum absolute atomic E-state index is 1.21. The third-order valence-electron chi connectivity index (χ3n) is 11.4. The average Bonchev–Trinajstić information content (AvgIpc) is 3.25. The third kappa shape index (κ3) is 4.71. The summed E-state index contributed by atoms with van der Waals surface area (Å²) in [5.74, 6) is 0. The molecule has 0 bridgehead atoms. The predicted molar refractivity (Wildman–Crippen MR) is 233 cm³/mol. The first-order valence-corrected chi connectivity index (χ1v) is 18.8. The van der Waals surface area contributed by atoms with Crippen LogP contribution in [0.25, 0.3) is 109 Å². The monoisotopic (exact) mass is 682 g/mol. The van der Waals surface area contributed by atoms with Crippen molar-refractivity contribution in [1.29, 1.82) is 0 Å². The molecule has 11 aromatic carbocycles. The Morgan fingerprint density at radius 3 is 1.15 bits per heavy atom. The van der Waals surface area contributed by atoms with Gasteiger partial charge in [0.25, 0.3) is 0 Å². The zero-order valence-electron chi connectivity index (χ0n) is 29.6. The van der Waals surface area contributed by atoms with Crippen molar-refractivity contribution in [3.05, 3.63) is 206 Å². The summed E-state index contributed by atoms with van der Waals surface area (Å²) in [5, 5.41) is 15.2. The van der Waals surface area contributed by atoms with Gasteiger partial charge in [-0.15, -0.1) is 0 Å². The number of benzene rings is 11. The van der Waals surface area contributed by atoms with Crippen molar-refractivity contribution in [2.24, 2.45) is 0 Å². The van der Waals surface area contributed by atoms with Gasteiger partial charge in [-0.1, -0.05) is 188 Å². The van der Waals surface area contributed by atoms with E-state index in [1.54, 1.807) is 0 Å². The maximum Gasteiger partial charge on any atom is -0.00199 e. The number of hydrogen-bond donors (Lipinski definition) is 0. The lowest BCUT2D eigenvalue weighted by atomic mass is 9.81. The summed E-state index contributed by atoms with van der Waals surface area (Å²) in [4.78, 5) is 0. The SMILES string of the molecule is c1ccc(-c2c3ccccc3c(-c3cc(-c4cc5ccccc5c5ccccc45)ccc3-c3cc4ccccc4c4ccccc34)c3ccccc23)cc1. The fourth-order valence-electron chi connectivity index (χ4n) is 9.06. The Labute approximate surface area is 314 Å². The van der Waals surface area contributed by atoms with Crippen molar-refractivity contribution in [3.8, 4) is 44.5 Å². The van der Waals surface area contributed by atoms with E-state index in [9.17, 15) is 0 Å². The largest absolute Gasteiger partial charge is 0.0622 e. The van der Waals surface area contributed by atoms with Gasteiger partial charge in [-0.3, -0.25) is 0 Å². The molecule has 0 N–H and O–H groups in total. The van der Waals surface area contributed by atoms with Gasteiger partial charge in [0, 0.05) is 0 Å². The first-order valence-electron chi connectivity index (χ1n) is 18.8. The van der Waals surface area contributed by atoms with Crippen LogP contribution in [0.1, 0.15) is 0 Å². The van der Waals surface area contributed by atoms with Gasteiger partial charge in [0.15, 0.2) is 0 Å². The molecule has 0 aliphatic heterocycles. The summed E-state index contributed by atoms with van der Waals surface area (Å²) < 4.78 is 0. The lowest BCUT2D eigenvalue weighted by Gasteiger charge is -2.22. The fourth-order valence-corrected chi connectivity index (χ4v) is 9.06. The second-order valence-electron chi connectivity index (χ2n) is 14.3. The van der Waals surface area contributed by atoms with Crippen LogP contribution in [0.2, 0.25) is 0 Å². The van der Waals surface area contributed by atoms with Crippen molar-refractivity contribution >= 4 is 64.6 Å². The third-order valence-corrected chi connectivity index (χ3v) is 11.4. The Kier molecular flexibility index (Phi) is 6.97. The Balaban J connectivity index is 1.31. The van der Waals surface area contributed by atoms with E-state index in [4.69, 9.17) is 0 Å². The van der Waals surface area contributed by atoms with E-state index in [2.05, 4.69) is 206 Å². The maximum atomic E-state index is 2.48. The standard InChI is InChI=1S/C54H34/c1-2-16-35(17-3-1)53-46-26-12-14-28-48(46)54(49-29-15-13-27-47(49)53)52-34-38(50-32-36-18-4-6-20-39(36)41-22-8-10-24-43(41)50)30-31-45(52)51-33-37-19-5-7-21-40(37)42-23-9-11-25-44(42)51/h1-34H. The summed E-state index contributed by atoms with van der Waals surface area (Å²) in [6.45, 7) is 0. The molecular formula is C54H34. The minimum atomic E-state index is 1.21. The predicted octanol–water partition coefficient (Wildman–Crippen LogP) is 15.3. The molecule has 0 heterocycles. The first kappa shape index (κ1) is 30.6. The molecule has 0 aliphatic rings. The van der Waals surface area contributed by atoms with Gasteiger partial charge in [-0.25, -0.2) is 0 Å². The highest BCUT2D eigenvalue weighted by molar-refractivity contribution is 6.24. The zero-order chi connectivity index (χ0) is 35.6. The van der Waals surface area contributed by atoms with Gasteiger partial charge in [0.1, 0.15) is 0 Å². The van der Waals surface area contributed by atoms with E-state index in [1.807, 2.05) is 0 Å². The fraction of sp³-hybridized carbons (Fsp3) is 0. The molecule has 11 rings (SSSR count). The van der Waals surface area contributed by atoms with Crippen LogP contribution in [-0.4, -0.2) is 0 Å². The molecular weight excluding hydrogens is 649 g/mol. The average molecular weight is 683 g/mol. The van der Waals surface area contributed by atoms with E-state index in [0.29, 0.717) is 0 Å². The van der Waals surface area contributed by atoms with E-state index >= 15 is 0 Å². The van der Waals surface area contributed by atoms with Gasteiger partial charge in [-0.2, -0.15) is 0 Å². The van der Waals surface area contributed by atoms with Crippen molar-refractivity contribution < 1.29 is 0 Å². The minimum Gasteiger partial charge on any atom is -0.0622 e. The normalized spacial score (nSPS) is 11.7. The molecule has 0 saturated carbocycles. The van der Waals surface area contributed by atoms with Crippen LogP contribution in [0.4, 0.5) is 0 Å². The molecule has 0 fully saturated rings. The lowest BCUT2D eigenvalue weighted by molar-refractivity contribution is 1.62. The summed E-state index contributed by atoms with van der Waals surface area (Å²) in [6.07, 6.45) is 0. The zero-order valence-corrected chi connectivity index (χ0v) is 29.6. The van der Waals surface area contributed by atoms with Crippen LogP contribution >= 0.6 is 0 Å². The lowest BCUT2D eigenvalue weighted by Crippen LogP contribution is -1.94. The Morgan fingerprint density at radius 1 is 0.185 bits per heavy atom.